The Hall–Kier alpha value is -3.12. The fourth-order valence-electron chi connectivity index (χ4n) is 2.94. The summed E-state index contributed by atoms with van der Waals surface area (Å²) in [6.45, 7) is 9.90. The maximum absolute atomic E-state index is 11.9. The van der Waals surface area contributed by atoms with Crippen LogP contribution < -0.4 is 10.1 Å². The lowest BCUT2D eigenvalue weighted by atomic mass is 10.1. The van der Waals surface area contributed by atoms with Gasteiger partial charge in [-0.1, -0.05) is 18.2 Å². The molecule has 1 N–H and O–H groups in total. The van der Waals surface area contributed by atoms with Crippen LogP contribution in [-0.2, 0) is 9.47 Å². The molecule has 3 aromatic rings. The van der Waals surface area contributed by atoms with Gasteiger partial charge in [0.1, 0.15) is 11.4 Å². The summed E-state index contributed by atoms with van der Waals surface area (Å²) >= 11 is 0. The fraction of sp³-hybridized carbons (Fsp3) is 0.333. The van der Waals surface area contributed by atoms with Crippen molar-refractivity contribution in [3.8, 4) is 17.0 Å². The molecular formula is C24H28N2O4. The van der Waals surface area contributed by atoms with Gasteiger partial charge in [-0.05, 0) is 71.0 Å². The molecule has 158 valence electrons. The van der Waals surface area contributed by atoms with Crippen LogP contribution in [0.4, 0.5) is 10.5 Å². The monoisotopic (exact) mass is 408 g/mol. The summed E-state index contributed by atoms with van der Waals surface area (Å²) in [5.74, 6) is 0.746. The van der Waals surface area contributed by atoms with Crippen LogP contribution in [0, 0.1) is 0 Å². The molecule has 1 unspecified atom stereocenters. The standard InChI is InChI=1S/C24H28N2O4/c1-6-28-16(2)29-20-12-14-22-18(15-20)9-13-21(26-22)17-7-10-19(11-8-17)25-23(27)30-24(3,4)5/h7-16H,6H2,1-5H3,(H,25,27). The van der Waals surface area contributed by atoms with Crippen molar-refractivity contribution in [2.24, 2.45) is 0 Å². The first-order valence-electron chi connectivity index (χ1n) is 10.0. The Labute approximate surface area is 177 Å². The van der Waals surface area contributed by atoms with Crippen molar-refractivity contribution in [3.05, 3.63) is 54.6 Å². The minimum atomic E-state index is -0.537. The molecular weight excluding hydrogens is 380 g/mol. The molecule has 0 bridgehead atoms. The lowest BCUT2D eigenvalue weighted by Crippen LogP contribution is -2.27. The zero-order valence-electron chi connectivity index (χ0n) is 18.1. The molecule has 0 aliphatic carbocycles. The molecule has 6 nitrogen and oxygen atoms in total. The largest absolute Gasteiger partial charge is 0.465 e. The summed E-state index contributed by atoms with van der Waals surface area (Å²) in [7, 11) is 0. The van der Waals surface area contributed by atoms with Gasteiger partial charge >= 0.3 is 6.09 Å². The molecule has 0 saturated heterocycles. The molecule has 0 fully saturated rings. The Balaban J connectivity index is 1.72. The van der Waals surface area contributed by atoms with Crippen LogP contribution in [0.2, 0.25) is 0 Å². The third kappa shape index (κ3) is 5.94. The molecule has 0 spiro atoms. The van der Waals surface area contributed by atoms with E-state index in [-0.39, 0.29) is 6.29 Å². The zero-order chi connectivity index (χ0) is 21.7. The van der Waals surface area contributed by atoms with E-state index in [0.29, 0.717) is 12.3 Å². The SMILES string of the molecule is CCOC(C)Oc1ccc2nc(-c3ccc(NC(=O)OC(C)(C)C)cc3)ccc2c1. The second-order valence-electron chi connectivity index (χ2n) is 7.90. The van der Waals surface area contributed by atoms with Crippen LogP contribution in [0.25, 0.3) is 22.2 Å². The van der Waals surface area contributed by atoms with Crippen molar-refractivity contribution in [3.63, 3.8) is 0 Å². The molecule has 0 radical (unpaired) electrons. The van der Waals surface area contributed by atoms with E-state index in [0.717, 1.165) is 27.9 Å². The van der Waals surface area contributed by atoms with E-state index in [1.807, 2.05) is 89.2 Å². The number of benzene rings is 2. The molecule has 1 atom stereocenters. The number of aromatic nitrogens is 1. The Bertz CT molecular complexity index is 1010. The highest BCUT2D eigenvalue weighted by Gasteiger charge is 2.16. The van der Waals surface area contributed by atoms with E-state index in [2.05, 4.69) is 5.32 Å². The van der Waals surface area contributed by atoms with Crippen LogP contribution in [0.1, 0.15) is 34.6 Å². The highest BCUT2D eigenvalue weighted by atomic mass is 16.7. The lowest BCUT2D eigenvalue weighted by molar-refractivity contribution is -0.0612. The highest BCUT2D eigenvalue weighted by molar-refractivity contribution is 5.86. The van der Waals surface area contributed by atoms with Crippen LogP contribution in [0.15, 0.2) is 54.6 Å². The first-order chi connectivity index (χ1) is 14.2. The van der Waals surface area contributed by atoms with Gasteiger partial charge in [-0.3, -0.25) is 5.32 Å². The molecule has 6 heteroatoms. The molecule has 0 saturated carbocycles. The number of nitrogens with zero attached hydrogens (tertiary/aromatic N) is 1. The van der Waals surface area contributed by atoms with Gasteiger partial charge in [0.2, 0.25) is 0 Å². The van der Waals surface area contributed by atoms with E-state index in [1.54, 1.807) is 0 Å². The topological polar surface area (TPSA) is 69.7 Å². The molecule has 1 heterocycles. The quantitative estimate of drug-likeness (QED) is 0.506. The van der Waals surface area contributed by atoms with Gasteiger partial charge in [-0.25, -0.2) is 9.78 Å². The van der Waals surface area contributed by atoms with Crippen molar-refractivity contribution in [2.75, 3.05) is 11.9 Å². The van der Waals surface area contributed by atoms with Gasteiger partial charge in [0.25, 0.3) is 0 Å². The smallest absolute Gasteiger partial charge is 0.412 e. The highest BCUT2D eigenvalue weighted by Crippen LogP contribution is 2.26. The van der Waals surface area contributed by atoms with Gasteiger partial charge in [0.15, 0.2) is 6.29 Å². The van der Waals surface area contributed by atoms with E-state index in [9.17, 15) is 4.79 Å². The number of pyridine rings is 1. The minimum absolute atomic E-state index is 0.299. The Morgan fingerprint density at radius 3 is 2.47 bits per heavy atom. The van der Waals surface area contributed by atoms with Crippen molar-refractivity contribution < 1.29 is 19.0 Å². The number of carbonyl (C=O) groups excluding carboxylic acids is 1. The van der Waals surface area contributed by atoms with E-state index in [1.165, 1.54) is 0 Å². The summed E-state index contributed by atoms with van der Waals surface area (Å²) < 4.78 is 16.4. The summed E-state index contributed by atoms with van der Waals surface area (Å²) in [6, 6.07) is 17.3. The van der Waals surface area contributed by atoms with E-state index >= 15 is 0 Å². The van der Waals surface area contributed by atoms with Crippen molar-refractivity contribution in [1.82, 2.24) is 4.98 Å². The van der Waals surface area contributed by atoms with Crippen molar-refractivity contribution in [2.45, 2.75) is 46.5 Å². The number of amides is 1. The molecule has 30 heavy (non-hydrogen) atoms. The summed E-state index contributed by atoms with van der Waals surface area (Å²) in [5.41, 5.74) is 2.81. The second kappa shape index (κ2) is 9.13. The van der Waals surface area contributed by atoms with Crippen LogP contribution >= 0.6 is 0 Å². The van der Waals surface area contributed by atoms with Crippen molar-refractivity contribution in [1.29, 1.82) is 0 Å². The fourth-order valence-corrected chi connectivity index (χ4v) is 2.94. The lowest BCUT2D eigenvalue weighted by Gasteiger charge is -2.19. The predicted octanol–water partition coefficient (Wildman–Crippen LogP) is 6.01. The number of carbonyl (C=O) groups is 1. The number of fused-ring (bicyclic) bond motifs is 1. The molecule has 1 amide bonds. The Kier molecular flexibility index (Phi) is 6.57. The third-order valence-electron chi connectivity index (χ3n) is 4.19. The normalized spacial score (nSPS) is 12.4. The van der Waals surface area contributed by atoms with Crippen LogP contribution in [0.5, 0.6) is 5.75 Å². The maximum atomic E-state index is 11.9. The number of ether oxygens (including phenoxy) is 3. The molecule has 1 aromatic heterocycles. The average molecular weight is 408 g/mol. The van der Waals surface area contributed by atoms with Crippen molar-refractivity contribution >= 4 is 22.7 Å². The van der Waals surface area contributed by atoms with E-state index in [4.69, 9.17) is 19.2 Å². The molecule has 0 aliphatic heterocycles. The van der Waals surface area contributed by atoms with E-state index < -0.39 is 11.7 Å². The van der Waals surface area contributed by atoms with Crippen LogP contribution in [0.3, 0.4) is 0 Å². The number of hydrogen-bond acceptors (Lipinski definition) is 5. The Morgan fingerprint density at radius 2 is 1.80 bits per heavy atom. The van der Waals surface area contributed by atoms with Crippen LogP contribution in [-0.4, -0.2) is 29.6 Å². The molecule has 3 rings (SSSR count). The van der Waals surface area contributed by atoms with Gasteiger partial charge in [0, 0.05) is 23.2 Å². The predicted molar refractivity (Wildman–Crippen MR) is 119 cm³/mol. The Morgan fingerprint density at radius 1 is 1.07 bits per heavy atom. The summed E-state index contributed by atoms with van der Waals surface area (Å²) in [6.07, 6.45) is -0.775. The first kappa shape index (κ1) is 21.6. The molecule has 2 aromatic carbocycles. The summed E-state index contributed by atoms with van der Waals surface area (Å²) in [5, 5.41) is 3.72. The summed E-state index contributed by atoms with van der Waals surface area (Å²) in [4.78, 5) is 16.6. The second-order valence-corrected chi connectivity index (χ2v) is 7.90. The zero-order valence-corrected chi connectivity index (χ0v) is 18.1. The number of hydrogen-bond donors (Lipinski definition) is 1. The minimum Gasteiger partial charge on any atom is -0.465 e. The number of rotatable bonds is 6. The number of anilines is 1. The van der Waals surface area contributed by atoms with Gasteiger partial charge in [-0.2, -0.15) is 0 Å². The number of nitrogens with one attached hydrogen (secondary N) is 1. The van der Waals surface area contributed by atoms with Gasteiger partial charge in [-0.15, -0.1) is 0 Å². The maximum Gasteiger partial charge on any atom is 0.412 e. The van der Waals surface area contributed by atoms with Gasteiger partial charge < -0.3 is 14.2 Å². The van der Waals surface area contributed by atoms with Gasteiger partial charge in [0.05, 0.1) is 11.2 Å². The average Bonchev–Trinajstić information content (AvgIpc) is 2.67. The first-order valence-corrected chi connectivity index (χ1v) is 10.0. The molecule has 0 aliphatic rings. The third-order valence-corrected chi connectivity index (χ3v) is 4.19.